The Hall–Kier alpha value is -1.95. The zero-order valence-corrected chi connectivity index (χ0v) is 11.7. The fraction of sp³-hybridized carbons (Fsp3) is 0.154. The molecule has 0 radical (unpaired) electrons. The Balaban J connectivity index is 2.44. The third-order valence-electron chi connectivity index (χ3n) is 2.34. The van der Waals surface area contributed by atoms with Crippen molar-refractivity contribution in [1.82, 2.24) is 9.97 Å². The zero-order chi connectivity index (χ0) is 13.8. The van der Waals surface area contributed by atoms with E-state index in [4.69, 9.17) is 4.74 Å². The third-order valence-corrected chi connectivity index (χ3v) is 2.87. The summed E-state index contributed by atoms with van der Waals surface area (Å²) in [6.07, 6.45) is 0. The Kier molecular flexibility index (Phi) is 4.11. The second kappa shape index (κ2) is 5.79. The van der Waals surface area contributed by atoms with Gasteiger partial charge in [0.25, 0.3) is 5.56 Å². The standard InChI is InChI=1S/C13H11BrN2O3/c1-2-19-13(18)10-7-11(17)16-12(15-10)8-3-5-9(14)6-4-8/h3-7H,2H2,1H3,(H,15,16,17). The van der Waals surface area contributed by atoms with E-state index in [0.717, 1.165) is 10.5 Å². The molecule has 2 aromatic rings. The van der Waals surface area contributed by atoms with Gasteiger partial charge < -0.3 is 9.72 Å². The average molecular weight is 323 g/mol. The van der Waals surface area contributed by atoms with Gasteiger partial charge in [0.15, 0.2) is 5.69 Å². The largest absolute Gasteiger partial charge is 0.461 e. The average Bonchev–Trinajstić information content (AvgIpc) is 2.39. The first kappa shape index (κ1) is 13.5. The maximum absolute atomic E-state index is 11.6. The van der Waals surface area contributed by atoms with Gasteiger partial charge in [0, 0.05) is 16.1 Å². The number of aromatic nitrogens is 2. The summed E-state index contributed by atoms with van der Waals surface area (Å²) in [7, 11) is 0. The highest BCUT2D eigenvalue weighted by molar-refractivity contribution is 9.10. The van der Waals surface area contributed by atoms with E-state index < -0.39 is 11.5 Å². The van der Waals surface area contributed by atoms with Crippen molar-refractivity contribution in [2.45, 2.75) is 6.92 Å². The summed E-state index contributed by atoms with van der Waals surface area (Å²) in [5, 5.41) is 0. The molecule has 1 N–H and O–H groups in total. The molecule has 0 aliphatic heterocycles. The quantitative estimate of drug-likeness (QED) is 0.880. The molecule has 0 spiro atoms. The molecular formula is C13H11BrN2O3. The fourth-order valence-electron chi connectivity index (χ4n) is 1.51. The van der Waals surface area contributed by atoms with Crippen LogP contribution in [0.15, 0.2) is 39.6 Å². The molecule has 2 rings (SSSR count). The molecule has 0 saturated carbocycles. The minimum absolute atomic E-state index is 0.00326. The summed E-state index contributed by atoms with van der Waals surface area (Å²) in [4.78, 5) is 29.8. The molecule has 0 aliphatic carbocycles. The van der Waals surface area contributed by atoms with E-state index in [2.05, 4.69) is 25.9 Å². The molecule has 0 bridgehead atoms. The number of esters is 1. The smallest absolute Gasteiger partial charge is 0.357 e. The lowest BCUT2D eigenvalue weighted by Crippen LogP contribution is -2.15. The van der Waals surface area contributed by atoms with Crippen LogP contribution >= 0.6 is 15.9 Å². The van der Waals surface area contributed by atoms with Gasteiger partial charge in [-0.15, -0.1) is 0 Å². The van der Waals surface area contributed by atoms with Gasteiger partial charge in [-0.25, -0.2) is 9.78 Å². The molecule has 5 nitrogen and oxygen atoms in total. The van der Waals surface area contributed by atoms with E-state index in [1.807, 2.05) is 12.1 Å². The maximum Gasteiger partial charge on any atom is 0.357 e. The lowest BCUT2D eigenvalue weighted by molar-refractivity contribution is 0.0519. The lowest BCUT2D eigenvalue weighted by atomic mass is 10.2. The number of carbonyl (C=O) groups excluding carboxylic acids is 1. The molecule has 1 aromatic heterocycles. The molecule has 0 aliphatic rings. The van der Waals surface area contributed by atoms with Gasteiger partial charge in [0.05, 0.1) is 6.61 Å². The van der Waals surface area contributed by atoms with Crippen LogP contribution in [0.1, 0.15) is 17.4 Å². The molecule has 1 heterocycles. The second-order valence-corrected chi connectivity index (χ2v) is 4.62. The number of nitrogens with zero attached hydrogens (tertiary/aromatic N) is 1. The van der Waals surface area contributed by atoms with Crippen molar-refractivity contribution in [3.8, 4) is 11.4 Å². The number of aromatic amines is 1. The monoisotopic (exact) mass is 322 g/mol. The van der Waals surface area contributed by atoms with E-state index in [1.165, 1.54) is 0 Å². The molecule has 19 heavy (non-hydrogen) atoms. The van der Waals surface area contributed by atoms with Gasteiger partial charge in [-0.1, -0.05) is 28.1 Å². The number of hydrogen-bond donors (Lipinski definition) is 1. The summed E-state index contributed by atoms with van der Waals surface area (Å²) in [6, 6.07) is 8.35. The minimum atomic E-state index is -0.605. The van der Waals surface area contributed by atoms with Gasteiger partial charge in [0.1, 0.15) is 5.82 Å². The van der Waals surface area contributed by atoms with Crippen molar-refractivity contribution in [2.75, 3.05) is 6.61 Å². The Bertz CT molecular complexity index is 650. The van der Waals surface area contributed by atoms with Gasteiger partial charge in [-0.3, -0.25) is 4.79 Å². The van der Waals surface area contributed by atoms with Crippen molar-refractivity contribution in [2.24, 2.45) is 0 Å². The molecule has 6 heteroatoms. The molecule has 0 atom stereocenters. The van der Waals surface area contributed by atoms with E-state index in [0.29, 0.717) is 11.4 Å². The van der Waals surface area contributed by atoms with Crippen LogP contribution in [0.2, 0.25) is 0 Å². The van der Waals surface area contributed by atoms with Crippen molar-refractivity contribution >= 4 is 21.9 Å². The molecular weight excluding hydrogens is 312 g/mol. The fourth-order valence-corrected chi connectivity index (χ4v) is 1.78. The van der Waals surface area contributed by atoms with Crippen LogP contribution in [0.3, 0.4) is 0 Å². The van der Waals surface area contributed by atoms with Crippen LogP contribution in [0, 0.1) is 0 Å². The van der Waals surface area contributed by atoms with Gasteiger partial charge in [0.2, 0.25) is 0 Å². The van der Waals surface area contributed by atoms with Gasteiger partial charge in [-0.2, -0.15) is 0 Å². The first-order chi connectivity index (χ1) is 9.10. The van der Waals surface area contributed by atoms with E-state index >= 15 is 0 Å². The Labute approximate surface area is 117 Å². The van der Waals surface area contributed by atoms with Crippen LogP contribution in [0.5, 0.6) is 0 Å². The molecule has 1 aromatic carbocycles. The first-order valence-electron chi connectivity index (χ1n) is 5.64. The Morgan fingerprint density at radius 2 is 2.05 bits per heavy atom. The first-order valence-corrected chi connectivity index (χ1v) is 6.44. The van der Waals surface area contributed by atoms with Crippen LogP contribution in [0.25, 0.3) is 11.4 Å². The molecule has 0 unspecified atom stereocenters. The van der Waals surface area contributed by atoms with Crippen LogP contribution in [-0.4, -0.2) is 22.5 Å². The Morgan fingerprint density at radius 1 is 1.37 bits per heavy atom. The van der Waals surface area contributed by atoms with Gasteiger partial charge >= 0.3 is 5.97 Å². The number of H-pyrrole nitrogens is 1. The van der Waals surface area contributed by atoms with Crippen molar-refractivity contribution in [3.05, 3.63) is 50.9 Å². The highest BCUT2D eigenvalue weighted by atomic mass is 79.9. The summed E-state index contributed by atoms with van der Waals surface area (Å²) in [5.41, 5.74) is 0.325. The van der Waals surface area contributed by atoms with Crippen molar-refractivity contribution in [3.63, 3.8) is 0 Å². The molecule has 0 saturated heterocycles. The van der Waals surface area contributed by atoms with E-state index in [1.54, 1.807) is 19.1 Å². The number of hydrogen-bond acceptors (Lipinski definition) is 4. The number of halogens is 1. The molecule has 98 valence electrons. The molecule has 0 amide bonds. The SMILES string of the molecule is CCOC(=O)c1cc(=O)[nH]c(-c2ccc(Br)cc2)n1. The third kappa shape index (κ3) is 3.29. The van der Waals surface area contributed by atoms with Crippen LogP contribution in [0.4, 0.5) is 0 Å². The minimum Gasteiger partial charge on any atom is -0.461 e. The predicted octanol–water partition coefficient (Wildman–Crippen LogP) is 2.38. The predicted molar refractivity (Wildman–Crippen MR) is 74.0 cm³/mol. The molecule has 0 fully saturated rings. The highest BCUT2D eigenvalue weighted by Crippen LogP contribution is 2.17. The topological polar surface area (TPSA) is 72.1 Å². The zero-order valence-electron chi connectivity index (χ0n) is 10.1. The number of rotatable bonds is 3. The van der Waals surface area contributed by atoms with Crippen LogP contribution in [-0.2, 0) is 4.74 Å². The Morgan fingerprint density at radius 3 is 2.68 bits per heavy atom. The van der Waals surface area contributed by atoms with Gasteiger partial charge in [-0.05, 0) is 19.1 Å². The van der Waals surface area contributed by atoms with Crippen LogP contribution < -0.4 is 5.56 Å². The second-order valence-electron chi connectivity index (χ2n) is 3.71. The van der Waals surface area contributed by atoms with E-state index in [-0.39, 0.29) is 12.3 Å². The summed E-state index contributed by atoms with van der Waals surface area (Å²) < 4.78 is 5.75. The summed E-state index contributed by atoms with van der Waals surface area (Å²) >= 11 is 3.32. The lowest BCUT2D eigenvalue weighted by Gasteiger charge is -2.04. The number of ether oxygens (including phenoxy) is 1. The maximum atomic E-state index is 11.6. The number of benzene rings is 1. The number of nitrogens with one attached hydrogen (secondary N) is 1. The summed E-state index contributed by atoms with van der Waals surface area (Å²) in [6.45, 7) is 1.93. The van der Waals surface area contributed by atoms with E-state index in [9.17, 15) is 9.59 Å². The van der Waals surface area contributed by atoms with Crippen molar-refractivity contribution < 1.29 is 9.53 Å². The normalized spacial score (nSPS) is 10.2. The summed E-state index contributed by atoms with van der Waals surface area (Å²) in [5.74, 6) is -0.269. The highest BCUT2D eigenvalue weighted by Gasteiger charge is 2.11. The van der Waals surface area contributed by atoms with Crippen molar-refractivity contribution in [1.29, 1.82) is 0 Å². The number of carbonyl (C=O) groups is 1.